The minimum atomic E-state index is -1.00. The van der Waals surface area contributed by atoms with Crippen LogP contribution in [-0.4, -0.2) is 34.2 Å². The van der Waals surface area contributed by atoms with Crippen molar-refractivity contribution in [3.05, 3.63) is 0 Å². The standard InChI is InChI=1S/C6H16NO2Si.Rf/c1-9-6-7-4-3-5-10(2)8;/h7-8H,3-6H2,1-2H3;. The molecule has 0 rings (SSSR count). The van der Waals surface area contributed by atoms with Crippen molar-refractivity contribution in [1.82, 2.24) is 5.32 Å². The summed E-state index contributed by atoms with van der Waals surface area (Å²) in [5.41, 5.74) is 0. The predicted molar refractivity (Wildman–Crippen MR) is 43.1 cm³/mol. The fourth-order valence-electron chi connectivity index (χ4n) is 0.643. The molecule has 0 fully saturated rings. The van der Waals surface area contributed by atoms with Crippen LogP contribution in [0, 0.1) is 0 Å². The van der Waals surface area contributed by atoms with E-state index in [9.17, 15) is 0 Å². The van der Waals surface area contributed by atoms with Gasteiger partial charge in [0, 0.05) is 7.11 Å². The van der Waals surface area contributed by atoms with Crippen LogP contribution in [0.25, 0.3) is 0 Å². The molecule has 0 spiro atoms. The van der Waals surface area contributed by atoms with E-state index in [1.807, 2.05) is 6.55 Å². The molecule has 5 heteroatoms. The van der Waals surface area contributed by atoms with Gasteiger partial charge in [0.25, 0.3) is 0 Å². The van der Waals surface area contributed by atoms with Crippen LogP contribution in [0.5, 0.6) is 0 Å². The van der Waals surface area contributed by atoms with Crippen LogP contribution in [-0.2, 0) is 4.74 Å². The maximum Gasteiger partial charge on any atom is 0.203 e. The molecule has 1 radical (unpaired) electrons. The Morgan fingerprint density at radius 1 is 1.55 bits per heavy atom. The fourth-order valence-corrected chi connectivity index (χ4v) is 1.33. The molecule has 0 saturated carbocycles. The van der Waals surface area contributed by atoms with Crippen molar-refractivity contribution in [2.24, 2.45) is 0 Å². The van der Waals surface area contributed by atoms with Crippen molar-refractivity contribution in [3.63, 3.8) is 0 Å². The summed E-state index contributed by atoms with van der Waals surface area (Å²) in [4.78, 5) is 8.95. The summed E-state index contributed by atoms with van der Waals surface area (Å²) in [6.07, 6.45) is 1.05. The summed E-state index contributed by atoms with van der Waals surface area (Å²) >= 11 is 0. The van der Waals surface area contributed by atoms with Crippen molar-refractivity contribution >= 4 is 9.04 Å². The smallest absolute Gasteiger partial charge is 0.203 e. The molecule has 0 aliphatic rings. The third kappa shape index (κ3) is 12.3. The molecule has 63 valence electrons. The zero-order valence-electron chi connectivity index (χ0n) is 7.39. The van der Waals surface area contributed by atoms with Gasteiger partial charge in [-0.05, 0) is 25.6 Å². The number of hydrogen-bond acceptors (Lipinski definition) is 3. The van der Waals surface area contributed by atoms with Gasteiger partial charge in [0.2, 0.25) is 9.04 Å². The SMILES string of the molecule is COCNCCC[Si](C)O.[Rf]. The fraction of sp³-hybridized carbons (Fsp3) is 1.00. The van der Waals surface area contributed by atoms with Gasteiger partial charge in [0.15, 0.2) is 0 Å². The zero-order valence-corrected chi connectivity index (χ0v) is 14.8. The molecule has 0 aliphatic heterocycles. The maximum absolute atomic E-state index is 8.95. The molecule has 0 saturated heterocycles. The third-order valence-corrected chi connectivity index (χ3v) is 2.22. The summed E-state index contributed by atoms with van der Waals surface area (Å²) in [6, 6.07) is 0.960. The summed E-state index contributed by atoms with van der Waals surface area (Å²) in [5, 5.41) is 3.07. The average molecular weight is 429 g/mol. The molecule has 0 atom stereocenters. The first-order chi connectivity index (χ1) is 4.77. The Morgan fingerprint density at radius 3 is 2.64 bits per heavy atom. The number of nitrogens with one attached hydrogen (secondary N) is 1. The molecule has 0 heterocycles. The summed E-state index contributed by atoms with van der Waals surface area (Å²) in [5.74, 6) is 0. The van der Waals surface area contributed by atoms with E-state index in [-0.39, 0.29) is 0 Å². The Kier molecular flexibility index (Phi) is 10.5. The molecule has 2 N–H and O–H groups in total. The molecule has 0 bridgehead atoms. The molecule has 0 aliphatic carbocycles. The van der Waals surface area contributed by atoms with Gasteiger partial charge >= 0.3 is 0 Å². The maximum atomic E-state index is 8.95. The van der Waals surface area contributed by atoms with Gasteiger partial charge in [-0.1, -0.05) is 0 Å². The molecule has 0 unspecified atom stereocenters. The van der Waals surface area contributed by atoms with E-state index in [0.717, 1.165) is 19.0 Å². The quantitative estimate of drug-likeness (QED) is 0.360. The van der Waals surface area contributed by atoms with Crippen molar-refractivity contribution < 1.29 is 9.53 Å². The van der Waals surface area contributed by atoms with E-state index in [1.165, 1.54) is 0 Å². The van der Waals surface area contributed by atoms with E-state index in [0.29, 0.717) is 6.73 Å². The zero-order chi connectivity index (χ0) is 7.82. The first-order valence-corrected chi connectivity index (χ1v) is 5.64. The Labute approximate surface area is 64.1 Å². The molecule has 0 aromatic rings. The minimum Gasteiger partial charge on any atom is -0.432 e. The van der Waals surface area contributed by atoms with E-state index in [2.05, 4.69) is 5.32 Å². The number of hydrogen-bond donors (Lipinski definition) is 2. The van der Waals surface area contributed by atoms with Crippen molar-refractivity contribution in [2.75, 3.05) is 20.4 Å². The first-order valence-electron chi connectivity index (χ1n) is 3.48. The van der Waals surface area contributed by atoms with E-state index < -0.39 is 9.04 Å². The number of rotatable bonds is 6. The van der Waals surface area contributed by atoms with Crippen LogP contribution < -0.4 is 5.32 Å². The summed E-state index contributed by atoms with van der Waals surface area (Å²) in [7, 11) is 0.658. The van der Waals surface area contributed by atoms with Crippen LogP contribution in [0.15, 0.2) is 0 Å². The van der Waals surface area contributed by atoms with E-state index in [4.69, 9.17) is 9.53 Å². The second-order valence-electron chi connectivity index (χ2n) is 2.27. The molecule has 3 nitrogen and oxygen atoms in total. The van der Waals surface area contributed by atoms with Gasteiger partial charge in [-0.3, -0.25) is 5.32 Å². The Balaban J connectivity index is 0. The van der Waals surface area contributed by atoms with Crippen molar-refractivity contribution in [2.45, 2.75) is 19.0 Å². The Morgan fingerprint density at radius 2 is 2.18 bits per heavy atom. The molecule has 0 amide bonds. The number of methoxy groups -OCH3 is 1. The largest absolute Gasteiger partial charge is 0.432 e. The van der Waals surface area contributed by atoms with Crippen LogP contribution in [0.3, 0.4) is 0 Å². The third-order valence-electron chi connectivity index (χ3n) is 1.14. The monoisotopic (exact) mass is 429 g/mol. The van der Waals surface area contributed by atoms with Gasteiger partial charge in [0.1, 0.15) is 0 Å². The van der Waals surface area contributed by atoms with Gasteiger partial charge in [-0.15, -0.1) is 0 Å². The Hall–Kier alpha value is -0.903. The molecule has 0 aromatic heterocycles. The summed E-state index contributed by atoms with van der Waals surface area (Å²) < 4.78 is 4.78. The van der Waals surface area contributed by atoms with Crippen LogP contribution in [0.4, 0.5) is 0 Å². The second-order valence-corrected chi connectivity index (χ2v) is 4.24. The van der Waals surface area contributed by atoms with Crippen molar-refractivity contribution in [1.29, 1.82) is 0 Å². The first kappa shape index (κ1) is 12.7. The van der Waals surface area contributed by atoms with Crippen molar-refractivity contribution in [3.8, 4) is 0 Å². The van der Waals surface area contributed by atoms with Crippen LogP contribution in [0.2, 0.25) is 12.6 Å². The van der Waals surface area contributed by atoms with E-state index >= 15 is 0 Å². The Bertz CT molecular complexity index is 75.6. The molecule has 0 aromatic carbocycles. The molecular weight excluding hydrogens is 413 g/mol. The van der Waals surface area contributed by atoms with Crippen LogP contribution >= 0.6 is 0 Å². The van der Waals surface area contributed by atoms with Gasteiger partial charge < -0.3 is 9.53 Å². The van der Waals surface area contributed by atoms with Gasteiger partial charge in [-0.25, -0.2) is 0 Å². The van der Waals surface area contributed by atoms with Gasteiger partial charge in [-0.2, -0.15) is 0 Å². The number of ether oxygens (including phenoxy) is 1. The topological polar surface area (TPSA) is 41.5 Å². The second kappa shape index (κ2) is 9.10. The van der Waals surface area contributed by atoms with Gasteiger partial charge in [0.05, 0.1) is 6.73 Å². The average Bonchev–Trinajstić information content (AvgIpc) is 1.87. The molecular formula is C6H16NO2RfSi. The summed E-state index contributed by atoms with van der Waals surface area (Å²) in [6.45, 7) is 3.45. The predicted octanol–water partition coefficient (Wildman–Crippen LogP) is 0.184. The molecule has 11 heavy (non-hydrogen) atoms. The van der Waals surface area contributed by atoms with Crippen LogP contribution in [0.1, 0.15) is 6.42 Å². The van der Waals surface area contributed by atoms with E-state index in [1.54, 1.807) is 7.11 Å². The normalized spacial score (nSPS) is 9.82. The minimum absolute atomic E-state index is 0.